The Kier molecular flexibility index (Phi) is 5.26. The Bertz CT molecular complexity index is 424. The van der Waals surface area contributed by atoms with Gasteiger partial charge >= 0.3 is 0 Å². The lowest BCUT2D eigenvalue weighted by Crippen LogP contribution is -2.41. The van der Waals surface area contributed by atoms with Gasteiger partial charge in [-0.15, -0.1) is 0 Å². The smallest absolute Gasteiger partial charge is 0.161 e. The zero-order chi connectivity index (χ0) is 14.5. The van der Waals surface area contributed by atoms with Crippen LogP contribution in [0.3, 0.4) is 0 Å². The third kappa shape index (κ3) is 3.87. The Hall–Kier alpha value is -1.26. The largest absolute Gasteiger partial charge is 0.486 e. The molecule has 20 heavy (non-hydrogen) atoms. The summed E-state index contributed by atoms with van der Waals surface area (Å²) in [6.45, 7) is 7.64. The van der Waals surface area contributed by atoms with Gasteiger partial charge in [0.2, 0.25) is 0 Å². The number of ether oxygens (including phenoxy) is 2. The minimum Gasteiger partial charge on any atom is -0.486 e. The van der Waals surface area contributed by atoms with Crippen LogP contribution in [0.15, 0.2) is 18.2 Å². The van der Waals surface area contributed by atoms with Crippen molar-refractivity contribution in [2.75, 3.05) is 33.9 Å². The van der Waals surface area contributed by atoms with E-state index in [1.165, 1.54) is 5.56 Å². The third-order valence-electron chi connectivity index (χ3n) is 3.72. The van der Waals surface area contributed by atoms with Crippen molar-refractivity contribution >= 4 is 0 Å². The number of nitrogens with zero attached hydrogens (tertiary/aromatic N) is 1. The molecule has 0 radical (unpaired) electrons. The molecule has 1 aromatic carbocycles. The number of hydrogen-bond acceptors (Lipinski definition) is 4. The predicted molar refractivity (Wildman–Crippen MR) is 81.5 cm³/mol. The van der Waals surface area contributed by atoms with Crippen LogP contribution in [0.2, 0.25) is 0 Å². The standard InChI is InChI=1S/C16H26N2O2/c1-12(2)14(18(3)4)11-17-10-13-5-6-15-16(9-13)20-8-7-19-15/h5-6,9,12,14,17H,7-8,10-11H2,1-4H3. The fourth-order valence-corrected chi connectivity index (χ4v) is 2.58. The molecule has 1 heterocycles. The summed E-state index contributed by atoms with van der Waals surface area (Å²) in [5.74, 6) is 2.36. The molecule has 0 fully saturated rings. The van der Waals surface area contributed by atoms with Crippen molar-refractivity contribution in [1.29, 1.82) is 0 Å². The van der Waals surface area contributed by atoms with Crippen LogP contribution in [-0.2, 0) is 6.54 Å². The summed E-state index contributed by atoms with van der Waals surface area (Å²) < 4.78 is 11.1. The molecule has 0 saturated carbocycles. The van der Waals surface area contributed by atoms with E-state index in [2.05, 4.69) is 50.3 Å². The van der Waals surface area contributed by atoms with Gasteiger partial charge in [-0.05, 0) is 37.7 Å². The number of hydrogen-bond donors (Lipinski definition) is 1. The van der Waals surface area contributed by atoms with E-state index < -0.39 is 0 Å². The van der Waals surface area contributed by atoms with E-state index in [1.807, 2.05) is 6.07 Å². The first-order valence-electron chi connectivity index (χ1n) is 7.33. The Morgan fingerprint density at radius 1 is 1.15 bits per heavy atom. The average Bonchev–Trinajstić information content (AvgIpc) is 2.42. The highest BCUT2D eigenvalue weighted by Crippen LogP contribution is 2.30. The number of fused-ring (bicyclic) bond motifs is 1. The van der Waals surface area contributed by atoms with Crippen LogP contribution in [0.5, 0.6) is 11.5 Å². The Balaban J connectivity index is 1.88. The van der Waals surface area contributed by atoms with Gasteiger partial charge in [0.05, 0.1) is 0 Å². The van der Waals surface area contributed by atoms with Crippen molar-refractivity contribution in [2.45, 2.75) is 26.4 Å². The van der Waals surface area contributed by atoms with Gasteiger partial charge in [0, 0.05) is 19.1 Å². The third-order valence-corrected chi connectivity index (χ3v) is 3.72. The van der Waals surface area contributed by atoms with Gasteiger partial charge < -0.3 is 19.7 Å². The lowest BCUT2D eigenvalue weighted by Gasteiger charge is -2.28. The molecule has 0 spiro atoms. The second kappa shape index (κ2) is 6.95. The zero-order valence-corrected chi connectivity index (χ0v) is 13.0. The van der Waals surface area contributed by atoms with Gasteiger partial charge in [-0.2, -0.15) is 0 Å². The molecule has 1 aromatic rings. The molecular weight excluding hydrogens is 252 g/mol. The second-order valence-electron chi connectivity index (χ2n) is 5.88. The first kappa shape index (κ1) is 15.1. The molecule has 4 heteroatoms. The van der Waals surface area contributed by atoms with Crippen molar-refractivity contribution in [3.63, 3.8) is 0 Å². The molecule has 1 atom stereocenters. The van der Waals surface area contributed by atoms with Gasteiger partial charge in [-0.3, -0.25) is 0 Å². The number of likely N-dealkylation sites (N-methyl/N-ethyl adjacent to an activating group) is 1. The fraction of sp³-hybridized carbons (Fsp3) is 0.625. The van der Waals surface area contributed by atoms with Crippen LogP contribution >= 0.6 is 0 Å². The van der Waals surface area contributed by atoms with E-state index in [9.17, 15) is 0 Å². The van der Waals surface area contributed by atoms with Crippen LogP contribution in [0, 0.1) is 5.92 Å². The van der Waals surface area contributed by atoms with Gasteiger partial charge in [-0.25, -0.2) is 0 Å². The van der Waals surface area contributed by atoms with Gasteiger partial charge in [0.15, 0.2) is 11.5 Å². The Morgan fingerprint density at radius 2 is 1.85 bits per heavy atom. The molecule has 0 aromatic heterocycles. The van der Waals surface area contributed by atoms with Crippen molar-refractivity contribution < 1.29 is 9.47 Å². The van der Waals surface area contributed by atoms with Crippen LogP contribution in [0.4, 0.5) is 0 Å². The van der Waals surface area contributed by atoms with Crippen molar-refractivity contribution in [3.8, 4) is 11.5 Å². The predicted octanol–water partition coefficient (Wildman–Crippen LogP) is 2.13. The SMILES string of the molecule is CC(C)C(CNCc1ccc2c(c1)OCCO2)N(C)C. The highest BCUT2D eigenvalue weighted by atomic mass is 16.6. The van der Waals surface area contributed by atoms with Crippen LogP contribution < -0.4 is 14.8 Å². The van der Waals surface area contributed by atoms with Crippen molar-refractivity contribution in [1.82, 2.24) is 10.2 Å². The highest BCUT2D eigenvalue weighted by molar-refractivity contribution is 5.43. The highest BCUT2D eigenvalue weighted by Gasteiger charge is 2.15. The van der Waals surface area contributed by atoms with Gasteiger partial charge in [-0.1, -0.05) is 19.9 Å². The van der Waals surface area contributed by atoms with Crippen LogP contribution in [0.1, 0.15) is 19.4 Å². The molecule has 1 aliphatic heterocycles. The van der Waals surface area contributed by atoms with Crippen LogP contribution in [0.25, 0.3) is 0 Å². The first-order valence-corrected chi connectivity index (χ1v) is 7.33. The molecule has 0 saturated heterocycles. The maximum Gasteiger partial charge on any atom is 0.161 e. The summed E-state index contributed by atoms with van der Waals surface area (Å²) in [5.41, 5.74) is 1.23. The number of rotatable bonds is 6. The molecule has 1 N–H and O–H groups in total. The Labute approximate surface area is 122 Å². The summed E-state index contributed by atoms with van der Waals surface area (Å²) in [7, 11) is 4.27. The first-order chi connectivity index (χ1) is 9.58. The molecule has 4 nitrogen and oxygen atoms in total. The van der Waals surface area contributed by atoms with Crippen molar-refractivity contribution in [2.24, 2.45) is 5.92 Å². The molecule has 112 valence electrons. The molecule has 1 unspecified atom stereocenters. The Morgan fingerprint density at radius 3 is 2.50 bits per heavy atom. The molecule has 0 bridgehead atoms. The van der Waals surface area contributed by atoms with E-state index in [0.29, 0.717) is 25.2 Å². The zero-order valence-electron chi connectivity index (χ0n) is 13.0. The summed E-state index contributed by atoms with van der Waals surface area (Å²) >= 11 is 0. The van der Waals surface area contributed by atoms with Crippen LogP contribution in [-0.4, -0.2) is 44.8 Å². The second-order valence-corrected chi connectivity index (χ2v) is 5.88. The summed E-state index contributed by atoms with van der Waals surface area (Å²) in [6.07, 6.45) is 0. The lowest BCUT2D eigenvalue weighted by molar-refractivity contribution is 0.171. The molecular formula is C16H26N2O2. The normalized spacial score (nSPS) is 15.7. The average molecular weight is 278 g/mol. The van der Waals surface area contributed by atoms with E-state index in [-0.39, 0.29) is 0 Å². The number of benzene rings is 1. The summed E-state index contributed by atoms with van der Waals surface area (Å²) in [5, 5.41) is 3.53. The van der Waals surface area contributed by atoms with Crippen molar-refractivity contribution in [3.05, 3.63) is 23.8 Å². The molecule has 0 amide bonds. The molecule has 2 rings (SSSR count). The lowest BCUT2D eigenvalue weighted by atomic mass is 10.0. The minimum atomic E-state index is 0.548. The minimum absolute atomic E-state index is 0.548. The van der Waals surface area contributed by atoms with E-state index >= 15 is 0 Å². The van der Waals surface area contributed by atoms with E-state index in [0.717, 1.165) is 24.6 Å². The summed E-state index contributed by atoms with van der Waals surface area (Å²) in [6, 6.07) is 6.71. The fourth-order valence-electron chi connectivity index (χ4n) is 2.58. The van der Waals surface area contributed by atoms with Gasteiger partial charge in [0.1, 0.15) is 13.2 Å². The number of nitrogens with one attached hydrogen (secondary N) is 1. The monoisotopic (exact) mass is 278 g/mol. The van der Waals surface area contributed by atoms with E-state index in [4.69, 9.17) is 9.47 Å². The molecule has 1 aliphatic rings. The quantitative estimate of drug-likeness (QED) is 0.864. The maximum absolute atomic E-state index is 5.61. The maximum atomic E-state index is 5.61. The topological polar surface area (TPSA) is 33.7 Å². The van der Waals surface area contributed by atoms with E-state index in [1.54, 1.807) is 0 Å². The summed E-state index contributed by atoms with van der Waals surface area (Å²) in [4.78, 5) is 2.28. The molecule has 0 aliphatic carbocycles. The van der Waals surface area contributed by atoms with Gasteiger partial charge in [0.25, 0.3) is 0 Å².